The van der Waals surface area contributed by atoms with Gasteiger partial charge in [0.25, 0.3) is 0 Å². The van der Waals surface area contributed by atoms with E-state index in [0.29, 0.717) is 0 Å². The quantitative estimate of drug-likeness (QED) is 0.376. The summed E-state index contributed by atoms with van der Waals surface area (Å²) in [6.45, 7) is 8.63. The van der Waals surface area contributed by atoms with Gasteiger partial charge < -0.3 is 4.42 Å². The highest BCUT2D eigenvalue weighted by molar-refractivity contribution is 7.15. The molecule has 0 atom stereocenters. The number of aromatic nitrogens is 2. The lowest BCUT2D eigenvalue weighted by Gasteiger charge is -2.21. The van der Waals surface area contributed by atoms with Gasteiger partial charge in [0.15, 0.2) is 0 Å². The Hall–Kier alpha value is -2.28. The molecule has 0 unspecified atom stereocenters. The lowest BCUT2D eigenvalue weighted by molar-refractivity contribution is 0.245. The Morgan fingerprint density at radius 1 is 0.964 bits per heavy atom. The Bertz CT molecular complexity index is 1050. The van der Waals surface area contributed by atoms with Crippen molar-refractivity contribution in [1.82, 2.24) is 14.9 Å². The van der Waals surface area contributed by atoms with Gasteiger partial charge in [-0.1, -0.05) is 30.3 Å². The third-order valence-corrected chi connectivity index (χ3v) is 6.59. The minimum Gasteiger partial charge on any atom is -0.440 e. The topological polar surface area (TPSA) is 42.2 Å². The lowest BCUT2D eigenvalue weighted by atomic mass is 10.2. The number of oxazole rings is 1. The van der Waals surface area contributed by atoms with Crippen molar-refractivity contribution in [3.05, 3.63) is 80.4 Å². The molecule has 28 heavy (non-hydrogen) atoms. The van der Waals surface area contributed by atoms with Gasteiger partial charge in [-0.05, 0) is 38.5 Å². The van der Waals surface area contributed by atoms with Gasteiger partial charge in [-0.3, -0.25) is 4.90 Å². The highest BCUT2D eigenvalue weighted by Crippen LogP contribution is 2.29. The Kier molecular flexibility index (Phi) is 5.71. The van der Waals surface area contributed by atoms with Gasteiger partial charge in [0.05, 0.1) is 21.8 Å². The van der Waals surface area contributed by atoms with Crippen LogP contribution < -0.4 is 0 Å². The maximum Gasteiger partial charge on any atom is 0.236 e. The molecule has 144 valence electrons. The smallest absolute Gasteiger partial charge is 0.236 e. The number of aryl methyl sites for hydroxylation is 3. The van der Waals surface area contributed by atoms with E-state index in [0.717, 1.165) is 47.6 Å². The van der Waals surface area contributed by atoms with Crippen molar-refractivity contribution in [1.29, 1.82) is 0 Å². The van der Waals surface area contributed by atoms with E-state index in [2.05, 4.69) is 66.2 Å². The molecule has 4 aromatic rings. The zero-order chi connectivity index (χ0) is 19.5. The standard InChI is InChI=1S/C22H23N3OS2/c1-15-9-10-20(28-15)22-24-19(17(3)26-22)12-25(11-18-7-5-4-6-8-18)13-21-16(2)23-14-27-21/h4-10,14H,11-13H2,1-3H3. The van der Waals surface area contributed by atoms with Gasteiger partial charge in [0.2, 0.25) is 5.89 Å². The maximum atomic E-state index is 5.99. The van der Waals surface area contributed by atoms with E-state index in [-0.39, 0.29) is 0 Å². The van der Waals surface area contributed by atoms with Gasteiger partial charge in [-0.25, -0.2) is 9.97 Å². The molecule has 0 radical (unpaired) electrons. The Morgan fingerprint density at radius 3 is 2.46 bits per heavy atom. The van der Waals surface area contributed by atoms with Crippen LogP contribution in [0.2, 0.25) is 0 Å². The monoisotopic (exact) mass is 409 g/mol. The van der Waals surface area contributed by atoms with Crippen LogP contribution in [0.25, 0.3) is 10.8 Å². The average Bonchev–Trinajstić information content (AvgIpc) is 3.38. The fourth-order valence-corrected chi connectivity index (χ4v) is 4.74. The summed E-state index contributed by atoms with van der Waals surface area (Å²) in [6, 6.07) is 14.8. The molecule has 6 heteroatoms. The van der Waals surface area contributed by atoms with Crippen molar-refractivity contribution < 1.29 is 4.42 Å². The Balaban J connectivity index is 1.58. The minimum atomic E-state index is 0.722. The van der Waals surface area contributed by atoms with Crippen LogP contribution in [0, 0.1) is 20.8 Å². The third kappa shape index (κ3) is 4.41. The molecular formula is C22H23N3OS2. The van der Waals surface area contributed by atoms with Crippen LogP contribution in [0.5, 0.6) is 0 Å². The molecule has 3 heterocycles. The van der Waals surface area contributed by atoms with E-state index in [1.807, 2.05) is 12.4 Å². The maximum absolute atomic E-state index is 5.99. The third-order valence-electron chi connectivity index (χ3n) is 4.68. The molecule has 0 saturated carbocycles. The van der Waals surface area contributed by atoms with E-state index >= 15 is 0 Å². The van der Waals surface area contributed by atoms with E-state index in [4.69, 9.17) is 9.40 Å². The van der Waals surface area contributed by atoms with Gasteiger partial charge >= 0.3 is 0 Å². The number of thiazole rings is 1. The molecule has 4 rings (SSSR count). The molecule has 3 aromatic heterocycles. The zero-order valence-corrected chi connectivity index (χ0v) is 17.9. The summed E-state index contributed by atoms with van der Waals surface area (Å²) >= 11 is 3.43. The first kappa shape index (κ1) is 19.1. The van der Waals surface area contributed by atoms with Crippen molar-refractivity contribution >= 4 is 22.7 Å². The second-order valence-electron chi connectivity index (χ2n) is 6.92. The summed E-state index contributed by atoms with van der Waals surface area (Å²) in [5, 5.41) is 0. The van der Waals surface area contributed by atoms with Gasteiger partial charge in [0, 0.05) is 29.4 Å². The molecule has 0 aliphatic carbocycles. The summed E-state index contributed by atoms with van der Waals surface area (Å²) in [4.78, 5) is 15.3. The summed E-state index contributed by atoms with van der Waals surface area (Å²) in [7, 11) is 0. The van der Waals surface area contributed by atoms with Crippen molar-refractivity contribution in [3.63, 3.8) is 0 Å². The number of nitrogens with zero attached hydrogens (tertiary/aromatic N) is 3. The first-order chi connectivity index (χ1) is 13.6. The van der Waals surface area contributed by atoms with Gasteiger partial charge in [-0.2, -0.15) is 0 Å². The van der Waals surface area contributed by atoms with Crippen molar-refractivity contribution in [2.24, 2.45) is 0 Å². The van der Waals surface area contributed by atoms with E-state index < -0.39 is 0 Å². The largest absolute Gasteiger partial charge is 0.440 e. The average molecular weight is 410 g/mol. The molecule has 0 bridgehead atoms. The number of hydrogen-bond donors (Lipinski definition) is 0. The van der Waals surface area contributed by atoms with Gasteiger partial charge in [-0.15, -0.1) is 22.7 Å². The highest BCUT2D eigenvalue weighted by atomic mass is 32.1. The number of benzene rings is 1. The predicted molar refractivity (Wildman–Crippen MR) is 116 cm³/mol. The van der Waals surface area contributed by atoms with Crippen LogP contribution in [0.4, 0.5) is 0 Å². The molecule has 0 spiro atoms. The zero-order valence-electron chi connectivity index (χ0n) is 16.3. The predicted octanol–water partition coefficient (Wildman–Crippen LogP) is 5.99. The van der Waals surface area contributed by atoms with Crippen LogP contribution in [0.1, 0.15) is 32.5 Å². The second kappa shape index (κ2) is 8.39. The highest BCUT2D eigenvalue weighted by Gasteiger charge is 2.18. The summed E-state index contributed by atoms with van der Waals surface area (Å²) in [6.07, 6.45) is 0. The molecule has 1 aromatic carbocycles. The second-order valence-corrected chi connectivity index (χ2v) is 9.15. The molecule has 0 aliphatic rings. The molecule has 0 aliphatic heterocycles. The Morgan fingerprint density at radius 2 is 1.79 bits per heavy atom. The van der Waals surface area contributed by atoms with E-state index in [1.54, 1.807) is 22.7 Å². The molecule has 4 nitrogen and oxygen atoms in total. The summed E-state index contributed by atoms with van der Waals surface area (Å²) in [5.74, 6) is 1.61. The summed E-state index contributed by atoms with van der Waals surface area (Å²) in [5.41, 5.74) is 5.32. The molecule has 0 fully saturated rings. The molecule has 0 saturated heterocycles. The fraction of sp³-hybridized carbons (Fsp3) is 0.273. The minimum absolute atomic E-state index is 0.722. The van der Waals surface area contributed by atoms with Crippen molar-refractivity contribution in [2.45, 2.75) is 40.4 Å². The molecule has 0 N–H and O–H groups in total. The van der Waals surface area contributed by atoms with Crippen LogP contribution in [0.15, 0.2) is 52.4 Å². The first-order valence-electron chi connectivity index (χ1n) is 9.27. The van der Waals surface area contributed by atoms with Crippen LogP contribution in [-0.2, 0) is 19.6 Å². The number of rotatable bonds is 7. The first-order valence-corrected chi connectivity index (χ1v) is 11.0. The van der Waals surface area contributed by atoms with Crippen LogP contribution in [0.3, 0.4) is 0 Å². The van der Waals surface area contributed by atoms with Crippen molar-refractivity contribution in [2.75, 3.05) is 0 Å². The normalized spacial score (nSPS) is 11.4. The Labute approximate surface area is 173 Å². The lowest BCUT2D eigenvalue weighted by Crippen LogP contribution is -2.23. The number of thiophene rings is 1. The van der Waals surface area contributed by atoms with Gasteiger partial charge in [0.1, 0.15) is 5.76 Å². The fourth-order valence-electron chi connectivity index (χ4n) is 3.13. The van der Waals surface area contributed by atoms with Crippen molar-refractivity contribution in [3.8, 4) is 10.8 Å². The van der Waals surface area contributed by atoms with E-state index in [1.165, 1.54) is 15.3 Å². The number of hydrogen-bond acceptors (Lipinski definition) is 6. The van der Waals surface area contributed by atoms with Crippen LogP contribution >= 0.6 is 22.7 Å². The SMILES string of the molecule is Cc1ccc(-c2nc(CN(Cc3ccccc3)Cc3scnc3C)c(C)o2)s1. The van der Waals surface area contributed by atoms with E-state index in [9.17, 15) is 0 Å². The van der Waals surface area contributed by atoms with Crippen LogP contribution in [-0.4, -0.2) is 14.9 Å². The molecule has 0 amide bonds. The molecular weight excluding hydrogens is 386 g/mol. The summed E-state index contributed by atoms with van der Waals surface area (Å²) < 4.78 is 5.99.